The highest BCUT2D eigenvalue weighted by molar-refractivity contribution is 7.96. The van der Waals surface area contributed by atoms with E-state index in [0.29, 0.717) is 0 Å². The average molecular weight is 450 g/mol. The van der Waals surface area contributed by atoms with Crippen LogP contribution in [-0.4, -0.2) is 48.8 Å². The maximum absolute atomic E-state index is 13.9. The van der Waals surface area contributed by atoms with Crippen LogP contribution >= 0.6 is 12.6 Å². The van der Waals surface area contributed by atoms with Gasteiger partial charge in [0.1, 0.15) is 24.9 Å². The van der Waals surface area contributed by atoms with Gasteiger partial charge in [-0.1, -0.05) is 25.3 Å². The van der Waals surface area contributed by atoms with Crippen LogP contribution in [0.1, 0.15) is 16.8 Å². The zero-order valence-electron chi connectivity index (χ0n) is 16.6. The first kappa shape index (κ1) is 24.3. The summed E-state index contributed by atoms with van der Waals surface area (Å²) in [6.45, 7) is 6.99. The molecule has 1 aliphatic rings. The number of carbonyl (C=O) groups excluding carboxylic acids is 4. The van der Waals surface area contributed by atoms with Gasteiger partial charge in [-0.25, -0.2) is 9.18 Å². The number of benzene rings is 1. The number of nitrogens with one attached hydrogen (secondary N) is 2. The number of esters is 2. The molecule has 1 heterocycles. The van der Waals surface area contributed by atoms with Crippen LogP contribution in [0, 0.1) is 17.7 Å². The Hall–Kier alpha value is -2.98. The molecule has 0 saturated carbocycles. The normalized spacial score (nSPS) is 18.5. The van der Waals surface area contributed by atoms with E-state index in [2.05, 4.69) is 36.4 Å². The minimum absolute atomic E-state index is 0.0370. The van der Waals surface area contributed by atoms with Crippen LogP contribution in [0.15, 0.2) is 43.5 Å². The van der Waals surface area contributed by atoms with Crippen LogP contribution in [0.3, 0.4) is 0 Å². The molecule has 10 heteroatoms. The van der Waals surface area contributed by atoms with Crippen LogP contribution < -0.4 is 10.6 Å². The first-order chi connectivity index (χ1) is 14.8. The van der Waals surface area contributed by atoms with Gasteiger partial charge in [0.15, 0.2) is 5.12 Å². The molecule has 1 aromatic rings. The molecule has 1 fully saturated rings. The summed E-state index contributed by atoms with van der Waals surface area (Å²) in [5.41, 5.74) is -0.00637. The van der Waals surface area contributed by atoms with E-state index in [-0.39, 0.29) is 37.4 Å². The monoisotopic (exact) mass is 450 g/mol. The van der Waals surface area contributed by atoms with Crippen LogP contribution in [0.4, 0.5) is 10.1 Å². The van der Waals surface area contributed by atoms with E-state index in [0.717, 1.165) is 12.1 Å². The van der Waals surface area contributed by atoms with Crippen LogP contribution in [0.25, 0.3) is 0 Å². The number of thiol groups is 1. The van der Waals surface area contributed by atoms with Gasteiger partial charge in [0, 0.05) is 12.2 Å². The Morgan fingerprint density at radius 3 is 2.52 bits per heavy atom. The molecular weight excluding hydrogens is 427 g/mol. The van der Waals surface area contributed by atoms with Crippen molar-refractivity contribution in [1.82, 2.24) is 5.32 Å². The number of hydrogen-bond acceptors (Lipinski definition) is 7. The summed E-state index contributed by atoms with van der Waals surface area (Å²) in [5.74, 6) is -4.37. The largest absolute Gasteiger partial charge is 0.461 e. The van der Waals surface area contributed by atoms with Gasteiger partial charge >= 0.3 is 11.9 Å². The summed E-state index contributed by atoms with van der Waals surface area (Å²) in [4.78, 5) is 48.5. The molecule has 0 radical (unpaired) electrons. The van der Waals surface area contributed by atoms with E-state index in [4.69, 9.17) is 9.47 Å². The number of anilines is 1. The molecule has 1 aromatic carbocycles. The molecule has 2 rings (SSSR count). The first-order valence-electron chi connectivity index (χ1n) is 9.40. The highest BCUT2D eigenvalue weighted by Gasteiger charge is 2.41. The minimum atomic E-state index is -1.13. The van der Waals surface area contributed by atoms with Crippen molar-refractivity contribution in [2.24, 2.45) is 11.8 Å². The maximum atomic E-state index is 13.9. The van der Waals surface area contributed by atoms with Gasteiger partial charge < -0.3 is 20.1 Å². The Bertz CT molecular complexity index is 891. The number of carbonyl (C=O) groups is 4. The van der Waals surface area contributed by atoms with E-state index >= 15 is 0 Å². The highest BCUT2D eigenvalue weighted by atomic mass is 32.1. The van der Waals surface area contributed by atoms with Gasteiger partial charge in [-0.2, -0.15) is 0 Å². The Labute approximate surface area is 184 Å². The lowest BCUT2D eigenvalue weighted by molar-refractivity contribution is -0.151. The third kappa shape index (κ3) is 6.76. The Morgan fingerprint density at radius 2 is 1.87 bits per heavy atom. The zero-order valence-corrected chi connectivity index (χ0v) is 17.5. The molecular formula is C21H23FN2O6S. The van der Waals surface area contributed by atoms with Gasteiger partial charge in [-0.3, -0.25) is 14.4 Å². The molecule has 31 heavy (non-hydrogen) atoms. The second-order valence-electron chi connectivity index (χ2n) is 6.80. The lowest BCUT2D eigenvalue weighted by atomic mass is 9.90. The third-order valence-electron chi connectivity index (χ3n) is 4.55. The van der Waals surface area contributed by atoms with Crippen LogP contribution in [0.2, 0.25) is 0 Å². The molecule has 1 aliphatic heterocycles. The third-order valence-corrected chi connectivity index (χ3v) is 4.83. The molecule has 0 aromatic heterocycles. The van der Waals surface area contributed by atoms with Crippen molar-refractivity contribution in [3.05, 3.63) is 54.9 Å². The number of amides is 1. The summed E-state index contributed by atoms with van der Waals surface area (Å²) in [6.07, 6.45) is 2.91. The summed E-state index contributed by atoms with van der Waals surface area (Å²) in [7, 11) is 0. The molecule has 1 unspecified atom stereocenters. The van der Waals surface area contributed by atoms with Gasteiger partial charge in [-0.15, -0.1) is 12.6 Å². The fourth-order valence-corrected chi connectivity index (χ4v) is 3.49. The molecule has 3 atom stereocenters. The predicted molar refractivity (Wildman–Crippen MR) is 114 cm³/mol. The Kier molecular flexibility index (Phi) is 8.95. The zero-order chi connectivity index (χ0) is 23.0. The quantitative estimate of drug-likeness (QED) is 0.216. The predicted octanol–water partition coefficient (Wildman–Crippen LogP) is 1.89. The highest BCUT2D eigenvalue weighted by Crippen LogP contribution is 2.27. The van der Waals surface area contributed by atoms with Crippen molar-refractivity contribution in [1.29, 1.82) is 0 Å². The number of ether oxygens (including phenoxy) is 2. The van der Waals surface area contributed by atoms with E-state index in [1.54, 1.807) is 0 Å². The topological polar surface area (TPSA) is 111 Å². The molecule has 0 bridgehead atoms. The molecule has 2 N–H and O–H groups in total. The number of rotatable bonds is 10. The van der Waals surface area contributed by atoms with Crippen LogP contribution in [-0.2, 0) is 23.9 Å². The van der Waals surface area contributed by atoms with Gasteiger partial charge in [0.25, 0.3) is 0 Å². The van der Waals surface area contributed by atoms with Gasteiger partial charge in [0.05, 0.1) is 11.6 Å². The SMILES string of the molecule is C=CCOC(=O)c1cc(F)cc(NC(=O)[C@@H]2C[C@@H](C(C(=O)S)C(=O)OCC=C)CN2)c1. The number of hydrogen-bond donors (Lipinski definition) is 3. The Morgan fingerprint density at radius 1 is 1.19 bits per heavy atom. The van der Waals surface area contributed by atoms with Crippen LogP contribution in [0.5, 0.6) is 0 Å². The molecule has 166 valence electrons. The minimum Gasteiger partial charge on any atom is -0.461 e. The van der Waals surface area contributed by atoms with Crippen molar-refractivity contribution in [2.45, 2.75) is 12.5 Å². The van der Waals surface area contributed by atoms with Gasteiger partial charge in [-0.05, 0) is 30.5 Å². The average Bonchev–Trinajstić information content (AvgIpc) is 3.19. The fraction of sp³-hybridized carbons (Fsp3) is 0.333. The molecule has 8 nitrogen and oxygen atoms in total. The molecule has 1 saturated heterocycles. The maximum Gasteiger partial charge on any atom is 0.338 e. The van der Waals surface area contributed by atoms with Crippen molar-refractivity contribution in [2.75, 3.05) is 25.1 Å². The smallest absolute Gasteiger partial charge is 0.338 e. The van der Waals surface area contributed by atoms with Crippen molar-refractivity contribution in [3.63, 3.8) is 0 Å². The van der Waals surface area contributed by atoms with Crippen molar-refractivity contribution in [3.8, 4) is 0 Å². The number of halogens is 1. The van der Waals surface area contributed by atoms with E-state index < -0.39 is 46.7 Å². The van der Waals surface area contributed by atoms with Crippen molar-refractivity contribution < 1.29 is 33.0 Å². The first-order valence-corrected chi connectivity index (χ1v) is 9.84. The summed E-state index contributed by atoms with van der Waals surface area (Å²) in [6, 6.07) is 2.59. The fourth-order valence-electron chi connectivity index (χ4n) is 3.17. The van der Waals surface area contributed by atoms with E-state index in [1.807, 2.05) is 0 Å². The van der Waals surface area contributed by atoms with E-state index in [9.17, 15) is 23.6 Å². The summed E-state index contributed by atoms with van der Waals surface area (Å²) in [5, 5.41) is 4.80. The summed E-state index contributed by atoms with van der Waals surface area (Å²) >= 11 is 3.77. The Balaban J connectivity index is 2.05. The standard InChI is InChI=1S/C21H23FN2O6S/c1-3-5-29-19(26)12-7-14(22)10-15(8-12)24-18(25)16-9-13(11-23-16)17(21(28)31)20(27)30-6-4-2/h3-4,7-8,10,13,16-17,23H,1-2,5-6,9,11H2,(H,24,25)(H,28,31)/t13-,16+,17?/m1/s1. The van der Waals surface area contributed by atoms with Gasteiger partial charge in [0.2, 0.25) is 5.91 Å². The second-order valence-corrected chi connectivity index (χ2v) is 7.24. The van der Waals surface area contributed by atoms with Crippen molar-refractivity contribution >= 4 is 41.3 Å². The molecule has 0 spiro atoms. The second kappa shape index (κ2) is 11.4. The molecule has 0 aliphatic carbocycles. The summed E-state index contributed by atoms with van der Waals surface area (Å²) < 4.78 is 23.7. The lowest BCUT2D eigenvalue weighted by Gasteiger charge is -2.18. The van der Waals surface area contributed by atoms with E-state index in [1.165, 1.54) is 18.2 Å². The molecule has 1 amide bonds. The lowest BCUT2D eigenvalue weighted by Crippen LogP contribution is -2.35.